The molecule has 80 valence electrons. The van der Waals surface area contributed by atoms with Crippen LogP contribution in [0.2, 0.25) is 0 Å². The molecule has 0 spiro atoms. The molecule has 1 heterocycles. The van der Waals surface area contributed by atoms with E-state index < -0.39 is 0 Å². The van der Waals surface area contributed by atoms with Crippen LogP contribution in [-0.2, 0) is 4.74 Å². The minimum absolute atomic E-state index is 0.281. The smallest absolute Gasteiger partial charge is 0.0770 e. The van der Waals surface area contributed by atoms with Gasteiger partial charge in [0.05, 0.1) is 6.10 Å². The van der Waals surface area contributed by atoms with E-state index in [1.54, 1.807) is 0 Å². The standard InChI is InChI=1S/C12H12Br2O/c13-10-5-3-9(4-6-10)12(14)8-11-2-1-7-15-11/h3-6,8,11H,1-2,7H2/b12-8-. The zero-order valence-corrected chi connectivity index (χ0v) is 11.4. The van der Waals surface area contributed by atoms with Crippen molar-refractivity contribution in [3.63, 3.8) is 0 Å². The summed E-state index contributed by atoms with van der Waals surface area (Å²) in [5.41, 5.74) is 1.19. The Morgan fingerprint density at radius 1 is 1.33 bits per heavy atom. The van der Waals surface area contributed by atoms with Gasteiger partial charge in [-0.1, -0.05) is 44.0 Å². The van der Waals surface area contributed by atoms with Crippen LogP contribution in [0.4, 0.5) is 0 Å². The Morgan fingerprint density at radius 3 is 2.67 bits per heavy atom. The summed E-state index contributed by atoms with van der Waals surface area (Å²) in [6.45, 7) is 0.891. The van der Waals surface area contributed by atoms with Crippen molar-refractivity contribution in [2.45, 2.75) is 18.9 Å². The van der Waals surface area contributed by atoms with Crippen LogP contribution in [0, 0.1) is 0 Å². The molecule has 1 nitrogen and oxygen atoms in total. The van der Waals surface area contributed by atoms with E-state index in [-0.39, 0.29) is 6.10 Å². The molecule has 0 amide bonds. The predicted molar refractivity (Wildman–Crippen MR) is 70.0 cm³/mol. The second-order valence-corrected chi connectivity index (χ2v) is 5.34. The van der Waals surface area contributed by atoms with Crippen LogP contribution >= 0.6 is 31.9 Å². The lowest BCUT2D eigenvalue weighted by Gasteiger charge is -2.05. The minimum atomic E-state index is 0.281. The van der Waals surface area contributed by atoms with Crippen molar-refractivity contribution < 1.29 is 4.74 Å². The molecular formula is C12H12Br2O. The largest absolute Gasteiger partial charge is 0.374 e. The van der Waals surface area contributed by atoms with E-state index in [2.05, 4.69) is 50.1 Å². The normalized spacial score (nSPS) is 22.0. The lowest BCUT2D eigenvalue weighted by Crippen LogP contribution is -1.99. The summed E-state index contributed by atoms with van der Waals surface area (Å²) in [6, 6.07) is 8.25. The molecule has 1 aromatic rings. The van der Waals surface area contributed by atoms with Crippen molar-refractivity contribution in [3.8, 4) is 0 Å². The summed E-state index contributed by atoms with van der Waals surface area (Å²) < 4.78 is 7.77. The van der Waals surface area contributed by atoms with Crippen LogP contribution in [0.1, 0.15) is 18.4 Å². The first-order chi connectivity index (χ1) is 7.25. The molecular weight excluding hydrogens is 320 g/mol. The Labute approximate surface area is 107 Å². The maximum absolute atomic E-state index is 5.55. The third-order valence-electron chi connectivity index (χ3n) is 2.42. The van der Waals surface area contributed by atoms with Crippen molar-refractivity contribution in [2.24, 2.45) is 0 Å². The molecule has 0 aliphatic carbocycles. The van der Waals surface area contributed by atoms with E-state index >= 15 is 0 Å². The molecule has 0 bridgehead atoms. The van der Waals surface area contributed by atoms with Crippen molar-refractivity contribution in [2.75, 3.05) is 6.61 Å². The van der Waals surface area contributed by atoms with Crippen LogP contribution in [0.15, 0.2) is 34.8 Å². The van der Waals surface area contributed by atoms with Crippen LogP contribution in [0.25, 0.3) is 4.48 Å². The highest BCUT2D eigenvalue weighted by molar-refractivity contribution is 9.15. The molecule has 1 aliphatic heterocycles. The lowest BCUT2D eigenvalue weighted by atomic mass is 10.1. The first-order valence-corrected chi connectivity index (χ1v) is 6.59. The molecule has 15 heavy (non-hydrogen) atoms. The van der Waals surface area contributed by atoms with E-state index in [1.807, 2.05) is 12.1 Å². The molecule has 1 atom stereocenters. The summed E-state index contributed by atoms with van der Waals surface area (Å²) in [7, 11) is 0. The van der Waals surface area contributed by atoms with E-state index in [0.717, 1.165) is 22.0 Å². The third-order valence-corrected chi connectivity index (χ3v) is 3.67. The first kappa shape index (κ1) is 11.4. The summed E-state index contributed by atoms with van der Waals surface area (Å²) in [6.07, 6.45) is 4.73. The zero-order chi connectivity index (χ0) is 10.7. The predicted octanol–water partition coefficient (Wildman–Crippen LogP) is 4.36. The molecule has 1 aliphatic rings. The topological polar surface area (TPSA) is 9.23 Å². The highest BCUT2D eigenvalue weighted by Gasteiger charge is 2.13. The number of hydrogen-bond donors (Lipinski definition) is 0. The van der Waals surface area contributed by atoms with Crippen molar-refractivity contribution >= 4 is 36.3 Å². The molecule has 0 radical (unpaired) electrons. The highest BCUT2D eigenvalue weighted by atomic mass is 79.9. The van der Waals surface area contributed by atoms with Crippen LogP contribution < -0.4 is 0 Å². The summed E-state index contributed by atoms with van der Waals surface area (Å²) in [5, 5.41) is 0. The van der Waals surface area contributed by atoms with Crippen LogP contribution in [0.5, 0.6) is 0 Å². The van der Waals surface area contributed by atoms with E-state index in [1.165, 1.54) is 12.0 Å². The van der Waals surface area contributed by atoms with Gasteiger partial charge in [-0.25, -0.2) is 0 Å². The molecule has 2 rings (SSSR count). The van der Waals surface area contributed by atoms with Gasteiger partial charge >= 0.3 is 0 Å². The summed E-state index contributed by atoms with van der Waals surface area (Å²) in [4.78, 5) is 0. The van der Waals surface area contributed by atoms with Gasteiger partial charge in [-0.2, -0.15) is 0 Å². The van der Waals surface area contributed by atoms with E-state index in [0.29, 0.717) is 0 Å². The second-order valence-electron chi connectivity index (χ2n) is 3.57. The Morgan fingerprint density at radius 2 is 2.07 bits per heavy atom. The molecule has 0 saturated carbocycles. The fourth-order valence-electron chi connectivity index (χ4n) is 1.60. The third kappa shape index (κ3) is 3.16. The molecule has 1 saturated heterocycles. The van der Waals surface area contributed by atoms with Gasteiger partial charge in [0.2, 0.25) is 0 Å². The summed E-state index contributed by atoms with van der Waals surface area (Å²) in [5.74, 6) is 0. The molecule has 0 N–H and O–H groups in total. The minimum Gasteiger partial charge on any atom is -0.374 e. The van der Waals surface area contributed by atoms with Gasteiger partial charge in [0.25, 0.3) is 0 Å². The summed E-state index contributed by atoms with van der Waals surface area (Å²) >= 11 is 7.01. The van der Waals surface area contributed by atoms with Crippen molar-refractivity contribution in [3.05, 3.63) is 40.4 Å². The average Bonchev–Trinajstić information content (AvgIpc) is 2.71. The number of rotatable bonds is 2. The SMILES string of the molecule is Br/C(=C\C1CCCO1)c1ccc(Br)cc1. The van der Waals surface area contributed by atoms with Gasteiger partial charge in [0.15, 0.2) is 0 Å². The van der Waals surface area contributed by atoms with E-state index in [4.69, 9.17) is 4.74 Å². The van der Waals surface area contributed by atoms with Gasteiger partial charge in [-0.3, -0.25) is 0 Å². The van der Waals surface area contributed by atoms with Gasteiger partial charge < -0.3 is 4.74 Å². The first-order valence-electron chi connectivity index (χ1n) is 5.00. The van der Waals surface area contributed by atoms with Gasteiger partial charge in [0, 0.05) is 15.6 Å². The molecule has 3 heteroatoms. The molecule has 1 unspecified atom stereocenters. The second kappa shape index (κ2) is 5.28. The maximum atomic E-state index is 5.55. The number of ether oxygens (including phenoxy) is 1. The van der Waals surface area contributed by atoms with Gasteiger partial charge in [0.1, 0.15) is 0 Å². The molecule has 1 aromatic carbocycles. The highest BCUT2D eigenvalue weighted by Crippen LogP contribution is 2.26. The fourth-order valence-corrected chi connectivity index (χ4v) is 2.43. The van der Waals surface area contributed by atoms with Crippen LogP contribution in [-0.4, -0.2) is 12.7 Å². The Balaban J connectivity index is 2.12. The van der Waals surface area contributed by atoms with Crippen molar-refractivity contribution in [1.82, 2.24) is 0 Å². The average molecular weight is 332 g/mol. The molecule has 1 fully saturated rings. The van der Waals surface area contributed by atoms with Crippen molar-refractivity contribution in [1.29, 1.82) is 0 Å². The Hall–Kier alpha value is -0.120. The maximum Gasteiger partial charge on any atom is 0.0770 e. The zero-order valence-electron chi connectivity index (χ0n) is 8.25. The van der Waals surface area contributed by atoms with Crippen LogP contribution in [0.3, 0.4) is 0 Å². The quantitative estimate of drug-likeness (QED) is 0.782. The Kier molecular flexibility index (Phi) is 4.00. The fraction of sp³-hybridized carbons (Fsp3) is 0.333. The lowest BCUT2D eigenvalue weighted by molar-refractivity contribution is 0.146. The van der Waals surface area contributed by atoms with E-state index in [9.17, 15) is 0 Å². The molecule has 0 aromatic heterocycles. The number of benzene rings is 1. The number of hydrogen-bond acceptors (Lipinski definition) is 1. The van der Waals surface area contributed by atoms with Gasteiger partial charge in [-0.15, -0.1) is 0 Å². The van der Waals surface area contributed by atoms with Gasteiger partial charge in [-0.05, 0) is 36.6 Å². The monoisotopic (exact) mass is 330 g/mol. The number of halogens is 2. The Bertz CT molecular complexity index is 350.